The molecule has 2 aliphatic rings. The highest BCUT2D eigenvalue weighted by Crippen LogP contribution is 2.39. The van der Waals surface area contributed by atoms with E-state index in [1.54, 1.807) is 11.0 Å². The maximum absolute atomic E-state index is 12.9. The van der Waals surface area contributed by atoms with Crippen LogP contribution in [0.3, 0.4) is 0 Å². The molecular formula is C21H22N2O3. The molecule has 0 radical (unpaired) electrons. The van der Waals surface area contributed by atoms with Crippen molar-refractivity contribution in [1.29, 1.82) is 0 Å². The summed E-state index contributed by atoms with van der Waals surface area (Å²) in [5.74, 6) is 0.712. The maximum atomic E-state index is 12.9. The molecule has 1 atom stereocenters. The number of likely N-dealkylation sites (tertiary alicyclic amines) is 1. The molecule has 2 heterocycles. The Kier molecular flexibility index (Phi) is 3.94. The number of nitrogens with zero attached hydrogens (tertiary/aromatic N) is 2. The Morgan fingerprint density at radius 3 is 2.77 bits per heavy atom. The third kappa shape index (κ3) is 2.83. The summed E-state index contributed by atoms with van der Waals surface area (Å²) in [6, 6.07) is 15.0. The molecule has 0 aliphatic carbocycles. The van der Waals surface area contributed by atoms with Gasteiger partial charge in [-0.25, -0.2) is 0 Å². The topological polar surface area (TPSA) is 49.9 Å². The van der Waals surface area contributed by atoms with E-state index in [1.165, 1.54) is 0 Å². The smallest absolute Gasteiger partial charge is 0.254 e. The maximum Gasteiger partial charge on any atom is 0.254 e. The second kappa shape index (κ2) is 6.16. The number of ether oxygens (including phenoxy) is 1. The summed E-state index contributed by atoms with van der Waals surface area (Å²) in [6.45, 7) is 1.04. The number of carbonyl (C=O) groups excluding carboxylic acids is 2. The summed E-state index contributed by atoms with van der Waals surface area (Å²) in [7, 11) is 3.90. The summed E-state index contributed by atoms with van der Waals surface area (Å²) in [4.78, 5) is 29.2. The first-order valence-electron chi connectivity index (χ1n) is 8.85. The summed E-state index contributed by atoms with van der Waals surface area (Å²) in [5, 5.41) is 0. The molecule has 2 aromatic rings. The van der Waals surface area contributed by atoms with Crippen molar-refractivity contribution in [2.75, 3.05) is 32.1 Å². The van der Waals surface area contributed by atoms with Crippen LogP contribution in [0.25, 0.3) is 0 Å². The minimum absolute atomic E-state index is 0.0134. The molecule has 2 aromatic carbocycles. The van der Waals surface area contributed by atoms with Gasteiger partial charge in [0.25, 0.3) is 5.91 Å². The molecule has 0 N–H and O–H groups in total. The number of para-hydroxylation sites is 1. The average molecular weight is 350 g/mol. The second-order valence-corrected chi connectivity index (χ2v) is 7.30. The van der Waals surface area contributed by atoms with Crippen molar-refractivity contribution >= 4 is 17.4 Å². The normalized spacial score (nSPS) is 21.5. The molecule has 1 saturated heterocycles. The van der Waals surface area contributed by atoms with E-state index in [4.69, 9.17) is 4.74 Å². The van der Waals surface area contributed by atoms with Gasteiger partial charge in [-0.05, 0) is 30.3 Å². The van der Waals surface area contributed by atoms with Gasteiger partial charge >= 0.3 is 0 Å². The van der Waals surface area contributed by atoms with Gasteiger partial charge in [0.05, 0.1) is 18.5 Å². The fourth-order valence-electron chi connectivity index (χ4n) is 3.79. The van der Waals surface area contributed by atoms with Gasteiger partial charge in [-0.1, -0.05) is 18.2 Å². The number of benzene rings is 2. The van der Waals surface area contributed by atoms with Crippen LogP contribution in [0.2, 0.25) is 0 Å². The van der Waals surface area contributed by atoms with Gasteiger partial charge in [0, 0.05) is 38.3 Å². The van der Waals surface area contributed by atoms with Crippen LogP contribution >= 0.6 is 0 Å². The Morgan fingerprint density at radius 1 is 1.15 bits per heavy atom. The standard InChI is InChI=1S/C21H22N2O3/c1-22(2)16-7-5-6-15(12-16)20(25)23-11-10-21(14-23)13-18(24)17-8-3-4-9-19(17)26-21/h3-9,12H,10-11,13-14H2,1-2H3. The van der Waals surface area contributed by atoms with Gasteiger partial charge in [-0.3, -0.25) is 9.59 Å². The van der Waals surface area contributed by atoms with Crippen LogP contribution in [0.1, 0.15) is 33.6 Å². The molecule has 0 bridgehead atoms. The van der Waals surface area contributed by atoms with Crippen molar-refractivity contribution in [2.45, 2.75) is 18.4 Å². The van der Waals surface area contributed by atoms with Crippen LogP contribution < -0.4 is 9.64 Å². The van der Waals surface area contributed by atoms with Gasteiger partial charge < -0.3 is 14.5 Å². The monoisotopic (exact) mass is 350 g/mol. The molecule has 134 valence electrons. The van der Waals surface area contributed by atoms with Crippen molar-refractivity contribution in [3.05, 3.63) is 59.7 Å². The highest BCUT2D eigenvalue weighted by molar-refractivity contribution is 6.00. The van der Waals surface area contributed by atoms with Gasteiger partial charge in [-0.2, -0.15) is 0 Å². The van der Waals surface area contributed by atoms with Crippen molar-refractivity contribution in [3.8, 4) is 5.75 Å². The predicted octanol–water partition coefficient (Wildman–Crippen LogP) is 3.00. The predicted molar refractivity (Wildman–Crippen MR) is 100 cm³/mol. The number of anilines is 1. The van der Waals surface area contributed by atoms with Gasteiger partial charge in [0.15, 0.2) is 5.78 Å². The molecule has 1 unspecified atom stereocenters. The van der Waals surface area contributed by atoms with Gasteiger partial charge in [0.2, 0.25) is 0 Å². The lowest BCUT2D eigenvalue weighted by molar-refractivity contribution is 0.0428. The fraction of sp³-hybridized carbons (Fsp3) is 0.333. The summed E-state index contributed by atoms with van der Waals surface area (Å²) in [6.07, 6.45) is 0.998. The minimum Gasteiger partial charge on any atom is -0.484 e. The second-order valence-electron chi connectivity index (χ2n) is 7.30. The number of Topliss-reactive ketones (excluding diaryl/α,β-unsaturated/α-hetero) is 1. The molecule has 4 rings (SSSR count). The van der Waals surface area contributed by atoms with Crippen LogP contribution in [0.15, 0.2) is 48.5 Å². The van der Waals surface area contributed by atoms with E-state index in [0.717, 1.165) is 5.69 Å². The van der Waals surface area contributed by atoms with E-state index in [0.29, 0.717) is 42.8 Å². The molecular weight excluding hydrogens is 328 g/mol. The zero-order valence-electron chi connectivity index (χ0n) is 15.1. The van der Waals surface area contributed by atoms with Gasteiger partial charge in [0.1, 0.15) is 11.4 Å². The third-order valence-corrected chi connectivity index (χ3v) is 5.21. The minimum atomic E-state index is -0.597. The van der Waals surface area contributed by atoms with Crippen molar-refractivity contribution in [3.63, 3.8) is 0 Å². The first kappa shape index (κ1) is 16.6. The number of amides is 1. The molecule has 0 aromatic heterocycles. The Labute approximate surface area is 153 Å². The van der Waals surface area contributed by atoms with E-state index in [-0.39, 0.29) is 11.7 Å². The number of carbonyl (C=O) groups is 2. The van der Waals surface area contributed by atoms with E-state index in [1.807, 2.05) is 61.5 Å². The first-order valence-corrected chi connectivity index (χ1v) is 8.85. The summed E-state index contributed by atoms with van der Waals surface area (Å²) in [5.41, 5.74) is 1.69. The van der Waals surface area contributed by atoms with Crippen LogP contribution in [0.5, 0.6) is 5.75 Å². The summed E-state index contributed by atoms with van der Waals surface area (Å²) >= 11 is 0. The van der Waals surface area contributed by atoms with Crippen LogP contribution in [0.4, 0.5) is 5.69 Å². The van der Waals surface area contributed by atoms with E-state index >= 15 is 0 Å². The SMILES string of the molecule is CN(C)c1cccc(C(=O)N2CCC3(CC(=O)c4ccccc4O3)C2)c1. The van der Waals surface area contributed by atoms with Crippen LogP contribution in [0, 0.1) is 0 Å². The summed E-state index contributed by atoms with van der Waals surface area (Å²) < 4.78 is 6.21. The average Bonchev–Trinajstić information content (AvgIpc) is 3.04. The molecule has 2 aliphatic heterocycles. The Morgan fingerprint density at radius 2 is 1.96 bits per heavy atom. The number of rotatable bonds is 2. The quantitative estimate of drug-likeness (QED) is 0.835. The molecule has 0 saturated carbocycles. The molecule has 1 fully saturated rings. The number of hydrogen-bond donors (Lipinski definition) is 0. The van der Waals surface area contributed by atoms with Crippen LogP contribution in [-0.4, -0.2) is 49.4 Å². The van der Waals surface area contributed by atoms with E-state index in [9.17, 15) is 9.59 Å². The highest BCUT2D eigenvalue weighted by Gasteiger charge is 2.47. The van der Waals surface area contributed by atoms with E-state index in [2.05, 4.69) is 0 Å². The van der Waals surface area contributed by atoms with Crippen molar-refractivity contribution < 1.29 is 14.3 Å². The Balaban J connectivity index is 1.55. The zero-order chi connectivity index (χ0) is 18.3. The fourth-order valence-corrected chi connectivity index (χ4v) is 3.79. The molecule has 1 amide bonds. The molecule has 1 spiro atoms. The number of hydrogen-bond acceptors (Lipinski definition) is 4. The molecule has 5 heteroatoms. The first-order chi connectivity index (χ1) is 12.5. The Bertz CT molecular complexity index is 877. The molecule has 26 heavy (non-hydrogen) atoms. The lowest BCUT2D eigenvalue weighted by Crippen LogP contribution is -2.45. The van der Waals surface area contributed by atoms with E-state index < -0.39 is 5.60 Å². The lowest BCUT2D eigenvalue weighted by atomic mass is 9.89. The lowest BCUT2D eigenvalue weighted by Gasteiger charge is -2.34. The number of fused-ring (bicyclic) bond motifs is 1. The number of ketones is 1. The Hall–Kier alpha value is -2.82. The largest absolute Gasteiger partial charge is 0.484 e. The van der Waals surface area contributed by atoms with Crippen molar-refractivity contribution in [2.24, 2.45) is 0 Å². The van der Waals surface area contributed by atoms with Crippen LogP contribution in [-0.2, 0) is 0 Å². The van der Waals surface area contributed by atoms with Crippen molar-refractivity contribution in [1.82, 2.24) is 4.90 Å². The highest BCUT2D eigenvalue weighted by atomic mass is 16.5. The zero-order valence-corrected chi connectivity index (χ0v) is 15.1. The third-order valence-electron chi connectivity index (χ3n) is 5.21. The molecule has 5 nitrogen and oxygen atoms in total. The van der Waals surface area contributed by atoms with Gasteiger partial charge in [-0.15, -0.1) is 0 Å².